The molecular formula is C41H40O6S. The van der Waals surface area contributed by atoms with Crippen LogP contribution in [0.4, 0.5) is 0 Å². The molecule has 0 unspecified atom stereocenters. The van der Waals surface area contributed by atoms with Crippen molar-refractivity contribution >= 4 is 17.7 Å². The van der Waals surface area contributed by atoms with Crippen molar-refractivity contribution in [2.75, 3.05) is 6.61 Å². The second-order valence-corrected chi connectivity index (χ2v) is 12.9. The monoisotopic (exact) mass is 660 g/mol. The van der Waals surface area contributed by atoms with Gasteiger partial charge in [0.1, 0.15) is 23.7 Å². The molecule has 5 aromatic rings. The Kier molecular flexibility index (Phi) is 12.1. The van der Waals surface area contributed by atoms with Gasteiger partial charge in [-0.3, -0.25) is 0 Å². The van der Waals surface area contributed by atoms with Gasteiger partial charge in [-0.05, 0) is 47.9 Å². The van der Waals surface area contributed by atoms with E-state index in [0.29, 0.717) is 25.4 Å². The summed E-state index contributed by atoms with van der Waals surface area (Å²) in [4.78, 5) is 14.7. The molecule has 7 heteroatoms. The highest BCUT2D eigenvalue weighted by Crippen LogP contribution is 2.38. The smallest absolute Gasteiger partial charge is 0.338 e. The van der Waals surface area contributed by atoms with Crippen LogP contribution in [0.15, 0.2) is 150 Å². The second kappa shape index (κ2) is 17.2. The number of esters is 1. The quantitative estimate of drug-likeness (QED) is 0.111. The first kappa shape index (κ1) is 33.7. The fourth-order valence-corrected chi connectivity index (χ4v) is 6.65. The minimum absolute atomic E-state index is 0.254. The number of rotatable bonds is 14. The molecule has 1 fully saturated rings. The van der Waals surface area contributed by atoms with Gasteiger partial charge < -0.3 is 23.7 Å². The largest absolute Gasteiger partial charge is 0.452 e. The van der Waals surface area contributed by atoms with Crippen LogP contribution in [-0.4, -0.2) is 42.4 Å². The Hall–Kier alpha value is -4.24. The number of aryl methyl sites for hydroxylation is 1. The number of carbonyl (C=O) groups excluding carboxylic acids is 1. The van der Waals surface area contributed by atoms with Crippen LogP contribution in [0.3, 0.4) is 0 Å². The minimum atomic E-state index is -0.807. The van der Waals surface area contributed by atoms with Crippen molar-refractivity contribution in [2.24, 2.45) is 0 Å². The van der Waals surface area contributed by atoms with Crippen molar-refractivity contribution in [3.8, 4) is 0 Å². The molecule has 5 atom stereocenters. The lowest BCUT2D eigenvalue weighted by Crippen LogP contribution is -2.60. The number of benzene rings is 5. The van der Waals surface area contributed by atoms with E-state index in [0.717, 1.165) is 27.1 Å². The van der Waals surface area contributed by atoms with Gasteiger partial charge in [-0.25, -0.2) is 4.79 Å². The fourth-order valence-electron chi connectivity index (χ4n) is 5.54. The van der Waals surface area contributed by atoms with Crippen LogP contribution in [0.25, 0.3) is 0 Å². The summed E-state index contributed by atoms with van der Waals surface area (Å²) in [6.45, 7) is 3.35. The van der Waals surface area contributed by atoms with Crippen molar-refractivity contribution in [1.82, 2.24) is 0 Å². The van der Waals surface area contributed by atoms with E-state index in [4.69, 9.17) is 23.7 Å². The normalized spacial score (nSPS) is 20.6. The molecule has 0 amide bonds. The molecule has 5 aromatic carbocycles. The molecule has 246 valence electrons. The van der Waals surface area contributed by atoms with Crippen molar-refractivity contribution in [2.45, 2.75) is 61.5 Å². The van der Waals surface area contributed by atoms with Crippen molar-refractivity contribution < 1.29 is 28.5 Å². The van der Waals surface area contributed by atoms with E-state index < -0.39 is 35.8 Å². The van der Waals surface area contributed by atoms with Gasteiger partial charge >= 0.3 is 5.97 Å². The molecule has 6 nitrogen and oxygen atoms in total. The third kappa shape index (κ3) is 9.43. The average molecular weight is 661 g/mol. The molecule has 1 saturated heterocycles. The highest BCUT2D eigenvalue weighted by Gasteiger charge is 2.50. The number of carbonyl (C=O) groups is 1. The summed E-state index contributed by atoms with van der Waals surface area (Å²) in [6, 6.07) is 47.2. The lowest BCUT2D eigenvalue weighted by atomic mass is 9.98. The average Bonchev–Trinajstić information content (AvgIpc) is 3.14. The molecule has 0 aromatic heterocycles. The lowest BCUT2D eigenvalue weighted by Gasteiger charge is -2.45. The van der Waals surface area contributed by atoms with Gasteiger partial charge in [0.2, 0.25) is 0 Å². The molecule has 48 heavy (non-hydrogen) atoms. The van der Waals surface area contributed by atoms with E-state index in [2.05, 4.69) is 31.2 Å². The second-order valence-electron chi connectivity index (χ2n) is 11.7. The Labute approximate surface area is 287 Å². The molecule has 0 bridgehead atoms. The van der Waals surface area contributed by atoms with E-state index in [9.17, 15) is 4.79 Å². The van der Waals surface area contributed by atoms with E-state index in [1.165, 1.54) is 11.8 Å². The first-order valence-electron chi connectivity index (χ1n) is 16.2. The summed E-state index contributed by atoms with van der Waals surface area (Å²) in [7, 11) is 0. The van der Waals surface area contributed by atoms with Crippen LogP contribution in [0.2, 0.25) is 0 Å². The number of thioether (sulfide) groups is 1. The molecule has 1 aliphatic rings. The van der Waals surface area contributed by atoms with Crippen molar-refractivity contribution in [3.05, 3.63) is 173 Å². The third-order valence-corrected chi connectivity index (χ3v) is 9.24. The Morgan fingerprint density at radius 1 is 0.604 bits per heavy atom. The van der Waals surface area contributed by atoms with E-state index >= 15 is 0 Å². The molecule has 0 saturated carbocycles. The van der Waals surface area contributed by atoms with Crippen LogP contribution < -0.4 is 0 Å². The van der Waals surface area contributed by atoms with E-state index in [1.54, 1.807) is 12.1 Å². The molecule has 0 spiro atoms. The summed E-state index contributed by atoms with van der Waals surface area (Å²) in [5.74, 6) is -0.451. The Morgan fingerprint density at radius 3 is 1.67 bits per heavy atom. The Balaban J connectivity index is 1.34. The van der Waals surface area contributed by atoms with Gasteiger partial charge in [0.05, 0.1) is 32.0 Å². The maximum atomic E-state index is 13.7. The fraction of sp³-hybridized carbons (Fsp3) is 0.244. The Morgan fingerprint density at radius 2 is 1.10 bits per heavy atom. The minimum Gasteiger partial charge on any atom is -0.452 e. The topological polar surface area (TPSA) is 63.2 Å². The zero-order chi connectivity index (χ0) is 33.0. The van der Waals surface area contributed by atoms with Crippen LogP contribution in [0.1, 0.15) is 32.6 Å². The van der Waals surface area contributed by atoms with Crippen molar-refractivity contribution in [1.29, 1.82) is 0 Å². The lowest BCUT2D eigenvalue weighted by molar-refractivity contribution is -0.242. The molecule has 6 rings (SSSR count). The summed E-state index contributed by atoms with van der Waals surface area (Å²) < 4.78 is 32.9. The maximum Gasteiger partial charge on any atom is 0.338 e. The Bertz CT molecular complexity index is 1670. The first-order valence-corrected chi connectivity index (χ1v) is 17.1. The predicted molar refractivity (Wildman–Crippen MR) is 187 cm³/mol. The molecular weight excluding hydrogens is 621 g/mol. The van der Waals surface area contributed by atoms with E-state index in [-0.39, 0.29) is 6.61 Å². The molecule has 1 heterocycles. The standard InChI is InChI=1S/C41H40O6S/c1-30-22-24-35(25-23-30)48-41-39(47-40(42)34-20-12-5-13-21-34)38(45-28-33-18-10-4-11-19-33)37(44-27-32-16-8-3-9-17-32)36(46-41)29-43-26-31-14-6-2-7-15-31/h2-25,36-39,41H,26-29H2,1H3/t36-,37-,38+,39-,41+/m1/s1. The SMILES string of the molecule is Cc1ccc(S[C@@H]2O[C@H](COCc3ccccc3)[C@@H](OCc3ccccc3)[C@H](OCc3ccccc3)[C@H]2OC(=O)c2ccccc2)cc1. The predicted octanol–water partition coefficient (Wildman–Crippen LogP) is 8.43. The highest BCUT2D eigenvalue weighted by atomic mass is 32.2. The first-order chi connectivity index (χ1) is 23.6. The molecule has 0 N–H and O–H groups in total. The zero-order valence-corrected chi connectivity index (χ0v) is 27.7. The van der Waals surface area contributed by atoms with Crippen LogP contribution in [-0.2, 0) is 43.5 Å². The molecule has 0 aliphatic carbocycles. The molecule has 1 aliphatic heterocycles. The van der Waals surface area contributed by atoms with Gasteiger partial charge in [-0.1, -0.05) is 139 Å². The van der Waals surface area contributed by atoms with E-state index in [1.807, 2.05) is 109 Å². The van der Waals surface area contributed by atoms with Crippen LogP contribution in [0, 0.1) is 6.92 Å². The number of hydrogen-bond donors (Lipinski definition) is 0. The van der Waals surface area contributed by atoms with Crippen molar-refractivity contribution in [3.63, 3.8) is 0 Å². The number of ether oxygens (including phenoxy) is 5. The van der Waals surface area contributed by atoms with Gasteiger partial charge in [-0.2, -0.15) is 0 Å². The zero-order valence-electron chi connectivity index (χ0n) is 26.9. The number of hydrogen-bond acceptors (Lipinski definition) is 7. The summed E-state index contributed by atoms with van der Waals surface area (Å²) in [6.07, 6.45) is -2.62. The van der Waals surface area contributed by atoms with Crippen LogP contribution in [0.5, 0.6) is 0 Å². The van der Waals surface area contributed by atoms with Gasteiger partial charge in [-0.15, -0.1) is 0 Å². The van der Waals surface area contributed by atoms with Crippen LogP contribution >= 0.6 is 11.8 Å². The third-order valence-electron chi connectivity index (χ3n) is 8.08. The van der Waals surface area contributed by atoms with Gasteiger partial charge in [0, 0.05) is 4.90 Å². The summed E-state index contributed by atoms with van der Waals surface area (Å²) in [5.41, 5.74) is 4.07. The van der Waals surface area contributed by atoms with Gasteiger partial charge in [0.25, 0.3) is 0 Å². The maximum absolute atomic E-state index is 13.7. The molecule has 0 radical (unpaired) electrons. The summed E-state index contributed by atoms with van der Waals surface area (Å²) >= 11 is 1.50. The highest BCUT2D eigenvalue weighted by molar-refractivity contribution is 7.99. The summed E-state index contributed by atoms with van der Waals surface area (Å²) in [5, 5.41) is 0. The van der Waals surface area contributed by atoms with Gasteiger partial charge in [0.15, 0.2) is 6.10 Å².